The molecule has 1 N–H and O–H groups in total. The first kappa shape index (κ1) is 11.1. The van der Waals surface area contributed by atoms with Crippen molar-refractivity contribution >= 4 is 23.4 Å². The topological polar surface area (TPSA) is 40.5 Å². The monoisotopic (exact) mass is 251 g/mol. The first-order valence-corrected chi connectivity index (χ1v) is 6.31. The molecule has 1 aliphatic heterocycles. The highest BCUT2D eigenvalue weighted by molar-refractivity contribution is 6.40. The Balaban J connectivity index is 2.13. The number of hydrogen-bond acceptors (Lipinski definition) is 2. The Kier molecular flexibility index (Phi) is 2.42. The summed E-state index contributed by atoms with van der Waals surface area (Å²) in [6, 6.07) is 7.23. The molecule has 4 heteroatoms. The van der Waals surface area contributed by atoms with Gasteiger partial charge in [-0.2, -0.15) is 0 Å². The summed E-state index contributed by atoms with van der Waals surface area (Å²) in [7, 11) is 0. The number of anilines is 1. The van der Waals surface area contributed by atoms with E-state index in [1.165, 1.54) is 0 Å². The number of fused-ring (bicyclic) bond motifs is 1. The van der Waals surface area contributed by atoms with Crippen LogP contribution in [0.15, 0.2) is 24.3 Å². The lowest BCUT2D eigenvalue weighted by Gasteiger charge is -2.27. The number of hydrogen-bond donors (Lipinski definition) is 1. The molecule has 1 unspecified atom stereocenters. The van der Waals surface area contributed by atoms with E-state index >= 15 is 0 Å². The standard InChI is InChI=1S/C13H14ClNO2/c14-15-11-8-4-3-7-10(11)13(17,12(15)16)9-5-1-2-6-9/h3-4,7-9,17H,1-2,5-6H2. The largest absolute Gasteiger partial charge is 0.375 e. The van der Waals surface area contributed by atoms with Crippen molar-refractivity contribution in [3.8, 4) is 0 Å². The van der Waals surface area contributed by atoms with Crippen LogP contribution in [0, 0.1) is 5.92 Å². The van der Waals surface area contributed by atoms with Gasteiger partial charge in [-0.15, -0.1) is 0 Å². The molecule has 1 aromatic carbocycles. The highest BCUT2D eigenvalue weighted by atomic mass is 35.5. The summed E-state index contributed by atoms with van der Waals surface area (Å²) in [5.41, 5.74) is -0.130. The van der Waals surface area contributed by atoms with E-state index in [9.17, 15) is 9.90 Å². The number of carbonyl (C=O) groups is 1. The minimum absolute atomic E-state index is 0.0000926. The molecule has 3 rings (SSSR count). The highest BCUT2D eigenvalue weighted by Crippen LogP contribution is 2.49. The maximum Gasteiger partial charge on any atom is 0.278 e. The normalized spacial score (nSPS) is 28.8. The van der Waals surface area contributed by atoms with Crippen molar-refractivity contribution in [2.45, 2.75) is 31.3 Å². The number of nitrogens with zero attached hydrogens (tertiary/aromatic N) is 1. The molecular formula is C13H14ClNO2. The zero-order valence-electron chi connectivity index (χ0n) is 9.40. The van der Waals surface area contributed by atoms with Gasteiger partial charge in [0, 0.05) is 23.3 Å². The van der Waals surface area contributed by atoms with Crippen LogP contribution in [0.5, 0.6) is 0 Å². The molecule has 0 radical (unpaired) electrons. The number of para-hydroxylation sites is 1. The summed E-state index contributed by atoms with van der Waals surface area (Å²) in [4.78, 5) is 12.2. The van der Waals surface area contributed by atoms with Crippen LogP contribution >= 0.6 is 11.8 Å². The highest BCUT2D eigenvalue weighted by Gasteiger charge is 2.54. The van der Waals surface area contributed by atoms with Crippen molar-refractivity contribution < 1.29 is 9.90 Å². The molecule has 17 heavy (non-hydrogen) atoms. The fraction of sp³-hybridized carbons (Fsp3) is 0.462. The van der Waals surface area contributed by atoms with Gasteiger partial charge < -0.3 is 5.11 Å². The van der Waals surface area contributed by atoms with E-state index in [0.717, 1.165) is 30.1 Å². The van der Waals surface area contributed by atoms with Crippen LogP contribution in [0.4, 0.5) is 5.69 Å². The Labute approximate surface area is 105 Å². The van der Waals surface area contributed by atoms with Gasteiger partial charge >= 0.3 is 0 Å². The second-order valence-electron chi connectivity index (χ2n) is 4.85. The lowest BCUT2D eigenvalue weighted by atomic mass is 9.81. The Morgan fingerprint density at radius 1 is 1.29 bits per heavy atom. The van der Waals surface area contributed by atoms with Crippen molar-refractivity contribution in [2.75, 3.05) is 4.42 Å². The number of amides is 1. The molecule has 1 fully saturated rings. The van der Waals surface area contributed by atoms with E-state index in [1.807, 2.05) is 12.1 Å². The molecule has 1 saturated carbocycles. The molecule has 1 heterocycles. The predicted octanol–water partition coefficient (Wildman–Crippen LogP) is 2.56. The van der Waals surface area contributed by atoms with Crippen molar-refractivity contribution in [1.82, 2.24) is 0 Å². The average molecular weight is 252 g/mol. The molecule has 0 saturated heterocycles. The molecular weight excluding hydrogens is 238 g/mol. The number of benzene rings is 1. The number of aliphatic hydroxyl groups is 1. The zero-order chi connectivity index (χ0) is 12.0. The first-order chi connectivity index (χ1) is 8.15. The lowest BCUT2D eigenvalue weighted by Crippen LogP contribution is -2.42. The van der Waals surface area contributed by atoms with Gasteiger partial charge in [0.05, 0.1) is 5.69 Å². The van der Waals surface area contributed by atoms with Crippen LogP contribution in [0.3, 0.4) is 0 Å². The summed E-state index contributed by atoms with van der Waals surface area (Å²) in [6.45, 7) is 0. The Hall–Kier alpha value is -1.06. The van der Waals surface area contributed by atoms with Gasteiger partial charge in [-0.05, 0) is 18.9 Å². The van der Waals surface area contributed by atoms with Crippen LogP contribution in [0.1, 0.15) is 31.2 Å². The van der Waals surface area contributed by atoms with Gasteiger partial charge in [-0.25, -0.2) is 4.42 Å². The summed E-state index contributed by atoms with van der Waals surface area (Å²) in [5, 5.41) is 10.8. The fourth-order valence-corrected chi connectivity index (χ4v) is 3.36. The molecule has 1 amide bonds. The van der Waals surface area contributed by atoms with Gasteiger partial charge in [0.1, 0.15) is 0 Å². The van der Waals surface area contributed by atoms with E-state index in [2.05, 4.69) is 0 Å². The molecule has 1 aromatic rings. The average Bonchev–Trinajstić information content (AvgIpc) is 2.95. The molecule has 0 aromatic heterocycles. The molecule has 3 nitrogen and oxygen atoms in total. The first-order valence-electron chi connectivity index (χ1n) is 5.98. The molecule has 2 aliphatic rings. The lowest BCUT2D eigenvalue weighted by molar-refractivity contribution is -0.141. The van der Waals surface area contributed by atoms with E-state index in [4.69, 9.17) is 11.8 Å². The summed E-state index contributed by atoms with van der Waals surface area (Å²) in [5.74, 6) is -0.396. The van der Waals surface area contributed by atoms with Crippen LogP contribution < -0.4 is 4.42 Å². The maximum atomic E-state index is 12.2. The van der Waals surface area contributed by atoms with Crippen molar-refractivity contribution in [3.05, 3.63) is 29.8 Å². The van der Waals surface area contributed by atoms with Crippen molar-refractivity contribution in [2.24, 2.45) is 5.92 Å². The van der Waals surface area contributed by atoms with Crippen molar-refractivity contribution in [3.63, 3.8) is 0 Å². The van der Waals surface area contributed by atoms with E-state index in [-0.39, 0.29) is 5.92 Å². The van der Waals surface area contributed by atoms with E-state index in [1.54, 1.807) is 12.1 Å². The number of halogens is 1. The van der Waals surface area contributed by atoms with Crippen LogP contribution in [-0.4, -0.2) is 11.0 Å². The number of rotatable bonds is 1. The van der Waals surface area contributed by atoms with Gasteiger partial charge in [-0.3, -0.25) is 4.79 Å². The van der Waals surface area contributed by atoms with Crippen LogP contribution in [-0.2, 0) is 10.4 Å². The minimum atomic E-state index is -1.41. The minimum Gasteiger partial charge on any atom is -0.375 e. The smallest absolute Gasteiger partial charge is 0.278 e. The van der Waals surface area contributed by atoms with Crippen LogP contribution in [0.2, 0.25) is 0 Å². The third kappa shape index (κ3) is 1.36. The molecule has 1 atom stereocenters. The van der Waals surface area contributed by atoms with Gasteiger partial charge in [0.15, 0.2) is 5.60 Å². The van der Waals surface area contributed by atoms with E-state index < -0.39 is 11.5 Å². The predicted molar refractivity (Wildman–Crippen MR) is 65.6 cm³/mol. The summed E-state index contributed by atoms with van der Waals surface area (Å²) < 4.78 is 1.06. The third-order valence-electron chi connectivity index (χ3n) is 3.98. The van der Waals surface area contributed by atoms with E-state index in [0.29, 0.717) is 11.3 Å². The van der Waals surface area contributed by atoms with Crippen molar-refractivity contribution in [1.29, 1.82) is 0 Å². The summed E-state index contributed by atoms with van der Waals surface area (Å²) >= 11 is 5.98. The Morgan fingerprint density at radius 2 is 1.94 bits per heavy atom. The van der Waals surface area contributed by atoms with Gasteiger partial charge in [0.25, 0.3) is 5.91 Å². The fourth-order valence-electron chi connectivity index (χ4n) is 3.08. The Morgan fingerprint density at radius 3 is 2.65 bits per heavy atom. The summed E-state index contributed by atoms with van der Waals surface area (Å²) in [6.07, 6.45) is 3.93. The second kappa shape index (κ2) is 3.72. The Bertz CT molecular complexity index is 470. The quantitative estimate of drug-likeness (QED) is 0.780. The maximum absolute atomic E-state index is 12.2. The molecule has 0 spiro atoms. The third-order valence-corrected chi connectivity index (χ3v) is 4.31. The van der Waals surface area contributed by atoms with Gasteiger partial charge in [0.2, 0.25) is 0 Å². The molecule has 90 valence electrons. The number of carbonyl (C=O) groups excluding carboxylic acids is 1. The van der Waals surface area contributed by atoms with Gasteiger partial charge in [-0.1, -0.05) is 31.0 Å². The van der Waals surface area contributed by atoms with Crippen LogP contribution in [0.25, 0.3) is 0 Å². The second-order valence-corrected chi connectivity index (χ2v) is 5.19. The molecule has 1 aliphatic carbocycles. The molecule has 0 bridgehead atoms. The zero-order valence-corrected chi connectivity index (χ0v) is 10.2. The SMILES string of the molecule is O=C1N(Cl)c2ccccc2C1(O)C1CCCC1.